The summed E-state index contributed by atoms with van der Waals surface area (Å²) < 4.78 is 12.0. The fourth-order valence-electron chi connectivity index (χ4n) is 3.33. The van der Waals surface area contributed by atoms with Crippen LogP contribution in [0, 0.1) is 10.1 Å². The molecule has 0 aliphatic heterocycles. The highest BCUT2D eigenvalue weighted by molar-refractivity contribution is 5.97. The molecule has 4 rings (SSSR count). The van der Waals surface area contributed by atoms with Gasteiger partial charge in [0.15, 0.2) is 11.9 Å². The van der Waals surface area contributed by atoms with Crippen LogP contribution in [0.15, 0.2) is 78.9 Å². The van der Waals surface area contributed by atoms with Gasteiger partial charge in [0.1, 0.15) is 5.75 Å². The Balaban J connectivity index is 1.55. The Bertz CT molecular complexity index is 1350. The van der Waals surface area contributed by atoms with Crippen molar-refractivity contribution in [2.45, 2.75) is 13.0 Å². The van der Waals surface area contributed by atoms with Crippen LogP contribution >= 0.6 is 0 Å². The second-order valence-corrected chi connectivity index (χ2v) is 7.55. The van der Waals surface area contributed by atoms with E-state index in [1.165, 1.54) is 30.8 Å². The summed E-state index contributed by atoms with van der Waals surface area (Å²) in [6.07, 6.45) is -1.26. The van der Waals surface area contributed by atoms with Gasteiger partial charge in [-0.25, -0.2) is 14.5 Å². The largest absolute Gasteiger partial charge is 0.495 e. The zero-order valence-electron chi connectivity index (χ0n) is 19.3. The van der Waals surface area contributed by atoms with Crippen molar-refractivity contribution in [3.63, 3.8) is 0 Å². The van der Waals surface area contributed by atoms with E-state index in [1.54, 1.807) is 0 Å². The third-order valence-corrected chi connectivity index (χ3v) is 5.13. The first kappa shape index (κ1) is 24.1. The maximum absolute atomic E-state index is 12.9. The van der Waals surface area contributed by atoms with Gasteiger partial charge in [-0.05, 0) is 25.1 Å². The molecule has 11 heteroatoms. The first-order valence-electron chi connectivity index (χ1n) is 10.8. The molecular formula is C25H21N5O6. The number of rotatable bonds is 8. The maximum Gasteiger partial charge on any atom is 0.379 e. The molecule has 1 aromatic heterocycles. The van der Waals surface area contributed by atoms with Crippen molar-refractivity contribution in [1.29, 1.82) is 0 Å². The number of aromatic nitrogens is 3. The van der Waals surface area contributed by atoms with E-state index in [4.69, 9.17) is 9.47 Å². The lowest BCUT2D eigenvalue weighted by Gasteiger charge is -2.14. The summed E-state index contributed by atoms with van der Waals surface area (Å²) >= 11 is 0. The first-order valence-corrected chi connectivity index (χ1v) is 10.8. The molecule has 36 heavy (non-hydrogen) atoms. The first-order chi connectivity index (χ1) is 17.4. The molecule has 0 bridgehead atoms. The molecule has 0 spiro atoms. The lowest BCUT2D eigenvalue weighted by molar-refractivity contribution is -0.384. The van der Waals surface area contributed by atoms with Gasteiger partial charge in [0.25, 0.3) is 17.4 Å². The summed E-state index contributed by atoms with van der Waals surface area (Å²) in [5.41, 5.74) is 1.25. The molecule has 4 aromatic rings. The number of ether oxygens (including phenoxy) is 2. The fraction of sp³-hybridized carbons (Fsp3) is 0.120. The Labute approximate surface area is 205 Å². The molecule has 1 amide bonds. The lowest BCUT2D eigenvalue weighted by atomic mass is 10.2. The van der Waals surface area contributed by atoms with Crippen molar-refractivity contribution in [2.75, 3.05) is 12.4 Å². The molecule has 11 nitrogen and oxygen atoms in total. The number of anilines is 1. The number of nitrogens with one attached hydrogen (secondary N) is 1. The topological polar surface area (TPSA) is 138 Å². The Morgan fingerprint density at radius 2 is 1.69 bits per heavy atom. The second-order valence-electron chi connectivity index (χ2n) is 7.55. The van der Waals surface area contributed by atoms with Crippen LogP contribution in [0.25, 0.3) is 17.1 Å². The lowest BCUT2D eigenvalue weighted by Crippen LogP contribution is -2.30. The van der Waals surface area contributed by atoms with Crippen molar-refractivity contribution in [2.24, 2.45) is 0 Å². The number of nitro benzene ring substituents is 1. The van der Waals surface area contributed by atoms with Crippen LogP contribution in [0.5, 0.6) is 5.75 Å². The molecule has 0 saturated carbocycles. The quantitative estimate of drug-likeness (QED) is 0.223. The van der Waals surface area contributed by atoms with E-state index in [0.717, 1.165) is 11.6 Å². The fourth-order valence-corrected chi connectivity index (χ4v) is 3.33. The standard InChI is InChI=1S/C25H21N5O6/c1-16(24(31)26-20-15-19(30(33)34)13-14-21(20)35-2)36-25(32)22-27-23(17-9-5-3-6-10-17)29(28-22)18-11-7-4-8-12-18/h3-16H,1-2H3,(H,26,31). The van der Waals surface area contributed by atoms with Gasteiger partial charge >= 0.3 is 5.97 Å². The number of benzene rings is 3. The highest BCUT2D eigenvalue weighted by Crippen LogP contribution is 2.29. The number of non-ortho nitro benzene ring substituents is 1. The maximum atomic E-state index is 12.9. The number of para-hydroxylation sites is 1. The van der Waals surface area contributed by atoms with Crippen LogP contribution in [0.2, 0.25) is 0 Å². The molecule has 1 unspecified atom stereocenters. The predicted molar refractivity (Wildman–Crippen MR) is 130 cm³/mol. The average molecular weight is 487 g/mol. The minimum absolute atomic E-state index is 0.0671. The molecule has 1 atom stereocenters. The molecule has 3 aromatic carbocycles. The van der Waals surface area contributed by atoms with Crippen LogP contribution in [-0.2, 0) is 9.53 Å². The van der Waals surface area contributed by atoms with Crippen molar-refractivity contribution >= 4 is 23.3 Å². The van der Waals surface area contributed by atoms with Gasteiger partial charge in [0.2, 0.25) is 0 Å². The van der Waals surface area contributed by atoms with E-state index in [0.29, 0.717) is 11.5 Å². The summed E-state index contributed by atoms with van der Waals surface area (Å²) in [5, 5.41) is 17.9. The number of nitrogens with zero attached hydrogens (tertiary/aromatic N) is 4. The number of esters is 1. The van der Waals surface area contributed by atoms with Crippen molar-refractivity contribution in [1.82, 2.24) is 14.8 Å². The van der Waals surface area contributed by atoms with E-state index in [1.807, 2.05) is 60.7 Å². The summed E-state index contributed by atoms with van der Waals surface area (Å²) in [4.78, 5) is 40.4. The van der Waals surface area contributed by atoms with E-state index < -0.39 is 22.9 Å². The van der Waals surface area contributed by atoms with E-state index >= 15 is 0 Å². The zero-order valence-corrected chi connectivity index (χ0v) is 19.3. The van der Waals surface area contributed by atoms with Gasteiger partial charge in [-0.15, -0.1) is 5.10 Å². The molecule has 0 aliphatic carbocycles. The minimum Gasteiger partial charge on any atom is -0.495 e. The highest BCUT2D eigenvalue weighted by atomic mass is 16.6. The van der Waals surface area contributed by atoms with Crippen LogP contribution in [0.3, 0.4) is 0 Å². The van der Waals surface area contributed by atoms with Crippen molar-refractivity contribution in [3.05, 3.63) is 94.8 Å². The van der Waals surface area contributed by atoms with Crippen LogP contribution < -0.4 is 10.1 Å². The highest BCUT2D eigenvalue weighted by Gasteiger charge is 2.25. The normalized spacial score (nSPS) is 11.4. The number of hydrogen-bond acceptors (Lipinski definition) is 8. The number of carbonyl (C=O) groups is 2. The summed E-state index contributed by atoms with van der Waals surface area (Å²) in [6.45, 7) is 1.36. The molecule has 1 heterocycles. The van der Waals surface area contributed by atoms with E-state index in [-0.39, 0.29) is 22.9 Å². The Hall–Kier alpha value is -5.06. The molecule has 0 saturated heterocycles. The molecule has 0 radical (unpaired) electrons. The number of amides is 1. The summed E-state index contributed by atoms with van der Waals surface area (Å²) in [7, 11) is 1.36. The number of carbonyl (C=O) groups excluding carboxylic acids is 2. The Morgan fingerprint density at radius 3 is 2.33 bits per heavy atom. The molecule has 1 N–H and O–H groups in total. The number of hydrogen-bond donors (Lipinski definition) is 1. The van der Waals surface area contributed by atoms with E-state index in [9.17, 15) is 19.7 Å². The predicted octanol–water partition coefficient (Wildman–Crippen LogP) is 4.04. The molecular weight excluding hydrogens is 466 g/mol. The Morgan fingerprint density at radius 1 is 1.03 bits per heavy atom. The Kier molecular flexibility index (Phi) is 7.00. The number of methoxy groups -OCH3 is 1. The number of nitro groups is 1. The summed E-state index contributed by atoms with van der Waals surface area (Å²) in [6, 6.07) is 22.1. The SMILES string of the molecule is COc1ccc([N+](=O)[O-])cc1NC(=O)C(C)OC(=O)c1nc(-c2ccccc2)n(-c2ccccc2)n1. The second kappa shape index (κ2) is 10.5. The monoisotopic (exact) mass is 487 g/mol. The molecule has 0 fully saturated rings. The van der Waals surface area contributed by atoms with Crippen LogP contribution in [0.1, 0.15) is 17.5 Å². The molecule has 0 aliphatic rings. The molecule has 182 valence electrons. The van der Waals surface area contributed by atoms with Gasteiger partial charge in [-0.2, -0.15) is 0 Å². The van der Waals surface area contributed by atoms with Crippen LogP contribution in [-0.4, -0.2) is 44.8 Å². The summed E-state index contributed by atoms with van der Waals surface area (Å²) in [5.74, 6) is -1.22. The van der Waals surface area contributed by atoms with Gasteiger partial charge in [-0.3, -0.25) is 14.9 Å². The smallest absolute Gasteiger partial charge is 0.379 e. The van der Waals surface area contributed by atoms with Crippen LogP contribution in [0.4, 0.5) is 11.4 Å². The van der Waals surface area contributed by atoms with Crippen molar-refractivity contribution < 1.29 is 24.0 Å². The third kappa shape index (κ3) is 5.20. The van der Waals surface area contributed by atoms with Gasteiger partial charge in [-0.1, -0.05) is 48.5 Å². The van der Waals surface area contributed by atoms with Gasteiger partial charge in [0, 0.05) is 17.7 Å². The average Bonchev–Trinajstić information content (AvgIpc) is 3.35. The van der Waals surface area contributed by atoms with E-state index in [2.05, 4.69) is 15.4 Å². The minimum atomic E-state index is -1.26. The van der Waals surface area contributed by atoms with Gasteiger partial charge in [0.05, 0.1) is 23.4 Å². The zero-order chi connectivity index (χ0) is 25.7. The third-order valence-electron chi connectivity index (χ3n) is 5.13. The van der Waals surface area contributed by atoms with Gasteiger partial charge < -0.3 is 14.8 Å². The van der Waals surface area contributed by atoms with Crippen molar-refractivity contribution in [3.8, 4) is 22.8 Å².